The summed E-state index contributed by atoms with van der Waals surface area (Å²) >= 11 is 12.4. The van der Waals surface area contributed by atoms with Crippen LogP contribution >= 0.6 is 23.2 Å². The van der Waals surface area contributed by atoms with E-state index in [1.807, 2.05) is 4.90 Å². The zero-order valence-electron chi connectivity index (χ0n) is 25.2. The molecule has 1 aliphatic heterocycles. The van der Waals surface area contributed by atoms with Crippen LogP contribution in [0.25, 0.3) is 0 Å². The van der Waals surface area contributed by atoms with E-state index in [-0.39, 0.29) is 40.1 Å². The molecule has 1 aliphatic rings. The number of carbonyl (C=O) groups is 5. The summed E-state index contributed by atoms with van der Waals surface area (Å²) in [5.74, 6) is -1.77. The quantitative estimate of drug-likeness (QED) is 0.387. The molecule has 3 rings (SSSR count). The highest BCUT2D eigenvalue weighted by atomic mass is 35.5. The second kappa shape index (κ2) is 14.7. The molecule has 43 heavy (non-hydrogen) atoms. The molecule has 0 radical (unpaired) electrons. The summed E-state index contributed by atoms with van der Waals surface area (Å²) in [5.41, 5.74) is 1.40. The number of carbonyl (C=O) groups excluding carboxylic acids is 5. The van der Waals surface area contributed by atoms with Gasteiger partial charge in [-0.1, -0.05) is 23.2 Å². The fraction of sp³-hybridized carbons (Fsp3) is 0.433. The molecule has 2 atom stereocenters. The van der Waals surface area contributed by atoms with E-state index >= 15 is 0 Å². The maximum absolute atomic E-state index is 13.0. The van der Waals surface area contributed by atoms with Crippen LogP contribution in [0, 0.1) is 5.92 Å². The summed E-state index contributed by atoms with van der Waals surface area (Å²) in [4.78, 5) is 68.2. The van der Waals surface area contributed by atoms with Crippen molar-refractivity contribution in [1.29, 1.82) is 0 Å². The van der Waals surface area contributed by atoms with E-state index in [4.69, 9.17) is 23.2 Å². The van der Waals surface area contributed by atoms with Crippen LogP contribution in [0.15, 0.2) is 36.4 Å². The second-order valence-corrected chi connectivity index (χ2v) is 11.8. The van der Waals surface area contributed by atoms with Crippen molar-refractivity contribution in [2.75, 3.05) is 51.9 Å². The molecule has 0 bridgehead atoms. The SMILES string of the molecule is CC(NC(=O)C1CCN(C(C)C(=O)Nc2cc(C(=O)N(C)C)ccc2Cl)CC1)C(=O)Nc1ccc(Cl)c(C(=O)N(C)C)c1. The highest BCUT2D eigenvalue weighted by Gasteiger charge is 2.31. The van der Waals surface area contributed by atoms with Gasteiger partial charge >= 0.3 is 0 Å². The van der Waals surface area contributed by atoms with Crippen LogP contribution in [-0.2, 0) is 14.4 Å². The van der Waals surface area contributed by atoms with Gasteiger partial charge in [0.15, 0.2) is 0 Å². The first kappa shape index (κ1) is 33.8. The van der Waals surface area contributed by atoms with Crippen molar-refractivity contribution in [1.82, 2.24) is 20.0 Å². The number of nitrogens with one attached hydrogen (secondary N) is 3. The summed E-state index contributed by atoms with van der Waals surface area (Å²) < 4.78 is 0. The molecule has 0 spiro atoms. The fourth-order valence-electron chi connectivity index (χ4n) is 4.62. The summed E-state index contributed by atoms with van der Waals surface area (Å²) in [7, 11) is 6.50. The number of amides is 5. The minimum atomic E-state index is -0.821. The lowest BCUT2D eigenvalue weighted by atomic mass is 9.94. The highest BCUT2D eigenvalue weighted by molar-refractivity contribution is 6.34. The van der Waals surface area contributed by atoms with Gasteiger partial charge in [0.1, 0.15) is 6.04 Å². The third-order valence-corrected chi connectivity index (χ3v) is 7.99. The fourth-order valence-corrected chi connectivity index (χ4v) is 4.98. The number of halogens is 2. The Morgan fingerprint density at radius 3 is 2.02 bits per heavy atom. The lowest BCUT2D eigenvalue weighted by Crippen LogP contribution is -2.50. The van der Waals surface area contributed by atoms with Gasteiger partial charge in [0.2, 0.25) is 17.7 Å². The van der Waals surface area contributed by atoms with Crippen molar-refractivity contribution in [2.45, 2.75) is 38.8 Å². The molecule has 232 valence electrons. The van der Waals surface area contributed by atoms with Crippen LogP contribution in [0.5, 0.6) is 0 Å². The number of hydrogen-bond acceptors (Lipinski definition) is 6. The molecule has 0 saturated carbocycles. The van der Waals surface area contributed by atoms with Crippen LogP contribution < -0.4 is 16.0 Å². The number of anilines is 2. The maximum atomic E-state index is 13.0. The van der Waals surface area contributed by atoms with Gasteiger partial charge in [-0.05, 0) is 76.2 Å². The number of piperidine rings is 1. The maximum Gasteiger partial charge on any atom is 0.254 e. The van der Waals surface area contributed by atoms with Gasteiger partial charge in [0.25, 0.3) is 11.8 Å². The van der Waals surface area contributed by atoms with E-state index in [1.54, 1.807) is 66.3 Å². The Morgan fingerprint density at radius 2 is 1.42 bits per heavy atom. The minimum absolute atomic E-state index is 0.206. The van der Waals surface area contributed by atoms with Crippen LogP contribution in [0.3, 0.4) is 0 Å². The van der Waals surface area contributed by atoms with E-state index < -0.39 is 18.0 Å². The molecule has 1 heterocycles. The molecule has 2 aromatic carbocycles. The standard InChI is InChI=1S/C30H38Cl2N6O5/c1-17(26(39)34-21-8-10-23(31)22(16-21)30(43)37(5)6)33-28(41)19-11-13-38(14-12-19)18(2)27(40)35-25-15-20(7-9-24(25)32)29(42)36(3)4/h7-10,15-19H,11-14H2,1-6H3,(H,33,41)(H,34,39)(H,35,40). The summed E-state index contributed by atoms with van der Waals surface area (Å²) in [6.45, 7) is 4.38. The third-order valence-electron chi connectivity index (χ3n) is 7.33. The van der Waals surface area contributed by atoms with Crippen LogP contribution in [0.1, 0.15) is 47.4 Å². The molecule has 1 saturated heterocycles. The Hall–Kier alpha value is -3.67. The average Bonchev–Trinajstić information content (AvgIpc) is 2.97. The lowest BCUT2D eigenvalue weighted by molar-refractivity contribution is -0.130. The molecular weight excluding hydrogens is 595 g/mol. The first-order chi connectivity index (χ1) is 20.2. The predicted molar refractivity (Wildman–Crippen MR) is 168 cm³/mol. The molecule has 2 aromatic rings. The van der Waals surface area contributed by atoms with Crippen molar-refractivity contribution >= 4 is 64.1 Å². The number of nitrogens with zero attached hydrogens (tertiary/aromatic N) is 3. The number of rotatable bonds is 9. The van der Waals surface area contributed by atoms with Gasteiger partial charge in [-0.2, -0.15) is 0 Å². The summed E-state index contributed by atoms with van der Waals surface area (Å²) in [6, 6.07) is 8.03. The van der Waals surface area contributed by atoms with E-state index in [2.05, 4.69) is 16.0 Å². The van der Waals surface area contributed by atoms with Gasteiger partial charge in [-0.3, -0.25) is 28.9 Å². The smallest absolute Gasteiger partial charge is 0.254 e. The van der Waals surface area contributed by atoms with Crippen molar-refractivity contribution in [2.24, 2.45) is 5.92 Å². The van der Waals surface area contributed by atoms with Gasteiger partial charge in [-0.15, -0.1) is 0 Å². The summed E-state index contributed by atoms with van der Waals surface area (Å²) in [5, 5.41) is 8.90. The highest BCUT2D eigenvalue weighted by Crippen LogP contribution is 2.26. The average molecular weight is 634 g/mol. The summed E-state index contributed by atoms with van der Waals surface area (Å²) in [6.07, 6.45) is 1.02. The Labute approximate surface area is 261 Å². The third kappa shape index (κ3) is 8.68. The molecule has 13 heteroatoms. The molecule has 0 aliphatic carbocycles. The topological polar surface area (TPSA) is 131 Å². The van der Waals surface area contributed by atoms with Gasteiger partial charge in [-0.25, -0.2) is 0 Å². The zero-order chi connectivity index (χ0) is 32.0. The normalized spacial score (nSPS) is 15.2. The first-order valence-corrected chi connectivity index (χ1v) is 14.6. The zero-order valence-corrected chi connectivity index (χ0v) is 26.7. The molecular formula is C30H38Cl2N6O5. The minimum Gasteiger partial charge on any atom is -0.345 e. The largest absolute Gasteiger partial charge is 0.345 e. The van der Waals surface area contributed by atoms with Crippen LogP contribution in [0.4, 0.5) is 11.4 Å². The van der Waals surface area contributed by atoms with Crippen LogP contribution in [0.2, 0.25) is 10.0 Å². The second-order valence-electron chi connectivity index (χ2n) is 11.0. The molecule has 2 unspecified atom stereocenters. The van der Waals surface area contributed by atoms with Crippen molar-refractivity contribution in [3.8, 4) is 0 Å². The van der Waals surface area contributed by atoms with E-state index in [0.29, 0.717) is 47.9 Å². The molecule has 11 nitrogen and oxygen atoms in total. The number of likely N-dealkylation sites (tertiary alicyclic amines) is 1. The molecule has 1 fully saturated rings. The Balaban J connectivity index is 1.51. The van der Waals surface area contributed by atoms with Crippen molar-refractivity contribution < 1.29 is 24.0 Å². The Bertz CT molecular complexity index is 1390. The van der Waals surface area contributed by atoms with E-state index in [0.717, 1.165) is 0 Å². The number of hydrogen-bond donors (Lipinski definition) is 3. The van der Waals surface area contributed by atoms with Crippen LogP contribution in [-0.4, -0.2) is 97.6 Å². The lowest BCUT2D eigenvalue weighted by Gasteiger charge is -2.35. The molecule has 5 amide bonds. The van der Waals surface area contributed by atoms with E-state index in [1.165, 1.54) is 21.9 Å². The monoisotopic (exact) mass is 632 g/mol. The van der Waals surface area contributed by atoms with Gasteiger partial charge < -0.3 is 25.8 Å². The van der Waals surface area contributed by atoms with Gasteiger partial charge in [0, 0.05) is 45.4 Å². The Kier molecular flexibility index (Phi) is 11.5. The van der Waals surface area contributed by atoms with Gasteiger partial charge in [0.05, 0.1) is 27.3 Å². The van der Waals surface area contributed by atoms with Crippen molar-refractivity contribution in [3.05, 3.63) is 57.6 Å². The Morgan fingerprint density at radius 1 is 0.814 bits per heavy atom. The van der Waals surface area contributed by atoms with Crippen molar-refractivity contribution in [3.63, 3.8) is 0 Å². The molecule has 0 aromatic heterocycles. The van der Waals surface area contributed by atoms with E-state index in [9.17, 15) is 24.0 Å². The predicted octanol–water partition coefficient (Wildman–Crippen LogP) is 3.58. The molecule has 3 N–H and O–H groups in total. The first-order valence-electron chi connectivity index (χ1n) is 13.9. The number of benzene rings is 2.